The Morgan fingerprint density at radius 1 is 0.850 bits per heavy atom. The van der Waals surface area contributed by atoms with Gasteiger partial charge < -0.3 is 15.3 Å². The van der Waals surface area contributed by atoms with Crippen LogP contribution >= 0.6 is 0 Å². The van der Waals surface area contributed by atoms with Crippen LogP contribution in [0.4, 0.5) is 0 Å². The summed E-state index contributed by atoms with van der Waals surface area (Å²) < 4.78 is 0. The van der Waals surface area contributed by atoms with E-state index in [0.29, 0.717) is 6.42 Å². The molecule has 0 radical (unpaired) electrons. The highest BCUT2D eigenvalue weighted by Gasteiger charge is 2.64. The second-order valence-electron chi connectivity index (χ2n) is 6.37. The standard InChI is InChI=1S/C15H30O5/c1-13(2)8-6-4-3-5-7-9-15(19-20-15)14(10-16,11-17)12-18/h13,16-18H,3-12H2,1-2H3. The third kappa shape index (κ3) is 4.40. The predicted molar refractivity (Wildman–Crippen MR) is 75.7 cm³/mol. The summed E-state index contributed by atoms with van der Waals surface area (Å²) in [5, 5.41) is 28.2. The van der Waals surface area contributed by atoms with Gasteiger partial charge in [-0.2, -0.15) is 9.78 Å². The third-order valence-electron chi connectivity index (χ3n) is 4.29. The Bertz CT molecular complexity index is 251. The molecule has 1 fully saturated rings. The first-order chi connectivity index (χ1) is 9.56. The molecule has 0 spiro atoms. The summed E-state index contributed by atoms with van der Waals surface area (Å²) >= 11 is 0. The van der Waals surface area contributed by atoms with Crippen molar-refractivity contribution in [1.82, 2.24) is 0 Å². The fourth-order valence-corrected chi connectivity index (χ4v) is 2.53. The topological polar surface area (TPSA) is 85.8 Å². The van der Waals surface area contributed by atoms with E-state index < -0.39 is 11.2 Å². The van der Waals surface area contributed by atoms with E-state index in [1.165, 1.54) is 25.7 Å². The quantitative estimate of drug-likeness (QED) is 0.291. The molecule has 5 nitrogen and oxygen atoms in total. The number of rotatable bonds is 12. The van der Waals surface area contributed by atoms with Crippen molar-refractivity contribution in [3.8, 4) is 0 Å². The van der Waals surface area contributed by atoms with Crippen molar-refractivity contribution in [2.24, 2.45) is 11.3 Å². The van der Waals surface area contributed by atoms with E-state index in [0.717, 1.165) is 18.8 Å². The van der Waals surface area contributed by atoms with Gasteiger partial charge in [0.1, 0.15) is 0 Å². The molecule has 1 saturated heterocycles. The lowest BCUT2D eigenvalue weighted by Crippen LogP contribution is -2.47. The van der Waals surface area contributed by atoms with E-state index in [-0.39, 0.29) is 19.8 Å². The molecule has 5 heteroatoms. The molecule has 0 atom stereocenters. The first kappa shape index (κ1) is 17.9. The fourth-order valence-electron chi connectivity index (χ4n) is 2.53. The number of aliphatic hydroxyl groups is 3. The van der Waals surface area contributed by atoms with Gasteiger partial charge in [-0.1, -0.05) is 46.0 Å². The van der Waals surface area contributed by atoms with Crippen molar-refractivity contribution in [2.75, 3.05) is 19.8 Å². The van der Waals surface area contributed by atoms with E-state index in [2.05, 4.69) is 13.8 Å². The molecule has 0 aliphatic carbocycles. The highest BCUT2D eigenvalue weighted by Crippen LogP contribution is 2.49. The zero-order chi connectivity index (χ0) is 15.1. The Hall–Kier alpha value is -0.200. The van der Waals surface area contributed by atoms with Gasteiger partial charge in [0.25, 0.3) is 0 Å². The minimum absolute atomic E-state index is 0.353. The molecule has 1 aliphatic rings. The molecular formula is C15H30O5. The number of unbranched alkanes of at least 4 members (excludes halogenated alkanes) is 4. The molecule has 0 amide bonds. The van der Waals surface area contributed by atoms with Crippen LogP contribution in [0.2, 0.25) is 0 Å². The number of aliphatic hydroxyl groups excluding tert-OH is 3. The molecule has 0 aromatic carbocycles. The van der Waals surface area contributed by atoms with Crippen molar-refractivity contribution in [3.05, 3.63) is 0 Å². The highest BCUT2D eigenvalue weighted by molar-refractivity contribution is 4.96. The van der Waals surface area contributed by atoms with Crippen molar-refractivity contribution < 1.29 is 25.1 Å². The number of hydrogen-bond donors (Lipinski definition) is 3. The Kier molecular flexibility index (Phi) is 7.40. The average Bonchev–Trinajstić information content (AvgIpc) is 3.21. The Labute approximate surface area is 121 Å². The Balaban J connectivity index is 2.21. The predicted octanol–water partition coefficient (Wildman–Crippen LogP) is 1.99. The van der Waals surface area contributed by atoms with Gasteiger partial charge in [0, 0.05) is 6.42 Å². The van der Waals surface area contributed by atoms with Gasteiger partial charge in [0.15, 0.2) is 0 Å². The summed E-state index contributed by atoms with van der Waals surface area (Å²) in [4.78, 5) is 10.0. The van der Waals surface area contributed by atoms with Gasteiger partial charge in [-0.25, -0.2) is 0 Å². The maximum atomic E-state index is 9.40. The van der Waals surface area contributed by atoms with Crippen LogP contribution < -0.4 is 0 Å². The minimum Gasteiger partial charge on any atom is -0.395 e. The van der Waals surface area contributed by atoms with Crippen LogP contribution in [0.1, 0.15) is 58.8 Å². The second-order valence-corrected chi connectivity index (χ2v) is 6.37. The van der Waals surface area contributed by atoms with Crippen molar-refractivity contribution in [1.29, 1.82) is 0 Å². The first-order valence-corrected chi connectivity index (χ1v) is 7.75. The molecular weight excluding hydrogens is 260 g/mol. The third-order valence-corrected chi connectivity index (χ3v) is 4.29. The van der Waals surface area contributed by atoms with Gasteiger partial charge in [-0.3, -0.25) is 0 Å². The van der Waals surface area contributed by atoms with Crippen molar-refractivity contribution in [3.63, 3.8) is 0 Å². The zero-order valence-electron chi connectivity index (χ0n) is 12.8. The molecule has 1 aliphatic heterocycles. The monoisotopic (exact) mass is 290 g/mol. The molecule has 1 rings (SSSR count). The summed E-state index contributed by atoms with van der Waals surface area (Å²) in [5.74, 6) is -0.228. The van der Waals surface area contributed by atoms with Crippen molar-refractivity contribution >= 4 is 0 Å². The summed E-state index contributed by atoms with van der Waals surface area (Å²) in [6.45, 7) is 3.42. The fraction of sp³-hybridized carbons (Fsp3) is 1.00. The van der Waals surface area contributed by atoms with Crippen LogP contribution in [-0.2, 0) is 9.78 Å². The normalized spacial score (nSPS) is 17.7. The van der Waals surface area contributed by atoms with E-state index in [9.17, 15) is 15.3 Å². The molecule has 120 valence electrons. The van der Waals surface area contributed by atoms with E-state index in [1.54, 1.807) is 0 Å². The van der Waals surface area contributed by atoms with Crippen LogP contribution in [0.3, 0.4) is 0 Å². The van der Waals surface area contributed by atoms with Gasteiger partial charge in [0.2, 0.25) is 5.79 Å². The largest absolute Gasteiger partial charge is 0.395 e. The first-order valence-electron chi connectivity index (χ1n) is 7.75. The molecule has 0 unspecified atom stereocenters. The maximum Gasteiger partial charge on any atom is 0.246 e. The van der Waals surface area contributed by atoms with Gasteiger partial charge in [-0.15, -0.1) is 0 Å². The Morgan fingerprint density at radius 2 is 1.35 bits per heavy atom. The lowest BCUT2D eigenvalue weighted by Gasteiger charge is -2.30. The smallest absolute Gasteiger partial charge is 0.246 e. The molecule has 20 heavy (non-hydrogen) atoms. The summed E-state index contributed by atoms with van der Waals surface area (Å²) in [6, 6.07) is 0. The maximum absolute atomic E-state index is 9.40. The molecule has 1 heterocycles. The van der Waals surface area contributed by atoms with Gasteiger partial charge in [-0.05, 0) is 12.3 Å². The van der Waals surface area contributed by atoms with Crippen molar-refractivity contribution in [2.45, 2.75) is 64.6 Å². The SMILES string of the molecule is CC(C)CCCCCCCC1(C(CO)(CO)CO)OO1. The molecule has 0 aromatic rings. The van der Waals surface area contributed by atoms with E-state index in [1.807, 2.05) is 0 Å². The van der Waals surface area contributed by atoms with Crippen LogP contribution in [0.25, 0.3) is 0 Å². The van der Waals surface area contributed by atoms with Crippen LogP contribution in [0.5, 0.6) is 0 Å². The van der Waals surface area contributed by atoms with Crippen LogP contribution in [0, 0.1) is 11.3 Å². The van der Waals surface area contributed by atoms with Gasteiger partial charge >= 0.3 is 0 Å². The molecule has 0 bridgehead atoms. The average molecular weight is 290 g/mol. The second kappa shape index (κ2) is 8.29. The summed E-state index contributed by atoms with van der Waals surface area (Å²) in [6.07, 6.45) is 7.53. The lowest BCUT2D eigenvalue weighted by atomic mass is 9.79. The number of hydrogen-bond acceptors (Lipinski definition) is 5. The lowest BCUT2D eigenvalue weighted by molar-refractivity contribution is -0.0623. The molecule has 0 aromatic heterocycles. The molecule has 3 N–H and O–H groups in total. The summed E-state index contributed by atoms with van der Waals surface area (Å²) in [7, 11) is 0. The van der Waals surface area contributed by atoms with Gasteiger partial charge in [0.05, 0.1) is 25.2 Å². The van der Waals surface area contributed by atoms with Crippen LogP contribution in [0.15, 0.2) is 0 Å². The minimum atomic E-state index is -1.11. The Morgan fingerprint density at radius 3 is 1.80 bits per heavy atom. The zero-order valence-corrected chi connectivity index (χ0v) is 12.8. The summed E-state index contributed by atoms with van der Waals surface area (Å²) in [5.41, 5.74) is -1.11. The van der Waals surface area contributed by atoms with Crippen LogP contribution in [-0.4, -0.2) is 40.9 Å². The van der Waals surface area contributed by atoms with E-state index in [4.69, 9.17) is 9.78 Å². The van der Waals surface area contributed by atoms with E-state index >= 15 is 0 Å². The highest BCUT2D eigenvalue weighted by atomic mass is 17.4. The molecule has 0 saturated carbocycles.